The molecule has 2 nitrogen and oxygen atoms in total. The van der Waals surface area contributed by atoms with E-state index in [1.807, 2.05) is 0 Å². The minimum atomic E-state index is -1.87. The summed E-state index contributed by atoms with van der Waals surface area (Å²) in [6, 6.07) is 1.13. The number of hydrogen-bond acceptors (Lipinski definition) is 2. The van der Waals surface area contributed by atoms with Crippen molar-refractivity contribution >= 4 is 8.56 Å². The molecular formula is C10H24O2Si. The van der Waals surface area contributed by atoms with Gasteiger partial charge in [-0.3, -0.25) is 0 Å². The van der Waals surface area contributed by atoms with E-state index in [-0.39, 0.29) is 0 Å². The van der Waals surface area contributed by atoms with Crippen LogP contribution in [0.3, 0.4) is 0 Å². The SMILES string of the molecule is CCCC[Si](OC)(OC)C(C)CC. The molecule has 0 aliphatic heterocycles. The van der Waals surface area contributed by atoms with Gasteiger partial charge < -0.3 is 8.85 Å². The fraction of sp³-hybridized carbons (Fsp3) is 1.00. The van der Waals surface area contributed by atoms with Crippen LogP contribution in [0.25, 0.3) is 0 Å². The minimum absolute atomic E-state index is 0.592. The monoisotopic (exact) mass is 204 g/mol. The second-order valence-corrected chi connectivity index (χ2v) is 7.56. The van der Waals surface area contributed by atoms with E-state index >= 15 is 0 Å². The van der Waals surface area contributed by atoms with Gasteiger partial charge in [0.15, 0.2) is 0 Å². The van der Waals surface area contributed by atoms with Gasteiger partial charge in [0.1, 0.15) is 0 Å². The average molecular weight is 204 g/mol. The molecule has 0 aromatic rings. The van der Waals surface area contributed by atoms with Crippen LogP contribution in [-0.2, 0) is 8.85 Å². The molecule has 0 fully saturated rings. The molecule has 0 spiro atoms. The van der Waals surface area contributed by atoms with E-state index in [2.05, 4.69) is 20.8 Å². The van der Waals surface area contributed by atoms with Crippen LogP contribution in [0.5, 0.6) is 0 Å². The summed E-state index contributed by atoms with van der Waals surface area (Å²) in [5.74, 6) is 0. The van der Waals surface area contributed by atoms with Crippen LogP contribution < -0.4 is 0 Å². The van der Waals surface area contributed by atoms with Crippen molar-refractivity contribution in [3.63, 3.8) is 0 Å². The Morgan fingerprint density at radius 1 is 1.15 bits per heavy atom. The van der Waals surface area contributed by atoms with Crippen molar-refractivity contribution in [2.24, 2.45) is 0 Å². The second-order valence-electron chi connectivity index (χ2n) is 3.63. The molecule has 0 radical (unpaired) electrons. The predicted octanol–water partition coefficient (Wildman–Crippen LogP) is 3.32. The van der Waals surface area contributed by atoms with Gasteiger partial charge in [-0.2, -0.15) is 0 Å². The normalized spacial score (nSPS) is 14.5. The smallest absolute Gasteiger partial charge is 0.340 e. The Bertz CT molecular complexity index is 124. The van der Waals surface area contributed by atoms with Gasteiger partial charge in [-0.15, -0.1) is 0 Å². The van der Waals surface area contributed by atoms with E-state index in [1.165, 1.54) is 12.8 Å². The summed E-state index contributed by atoms with van der Waals surface area (Å²) in [6.07, 6.45) is 3.59. The summed E-state index contributed by atoms with van der Waals surface area (Å²) >= 11 is 0. The molecule has 0 rings (SSSR count). The van der Waals surface area contributed by atoms with Crippen molar-refractivity contribution in [2.75, 3.05) is 14.2 Å². The molecular weight excluding hydrogens is 180 g/mol. The van der Waals surface area contributed by atoms with Crippen LogP contribution in [-0.4, -0.2) is 22.8 Å². The molecule has 1 unspecified atom stereocenters. The van der Waals surface area contributed by atoms with Gasteiger partial charge in [-0.25, -0.2) is 0 Å². The van der Waals surface area contributed by atoms with Crippen molar-refractivity contribution in [3.8, 4) is 0 Å². The summed E-state index contributed by atoms with van der Waals surface area (Å²) in [5, 5.41) is 0. The summed E-state index contributed by atoms with van der Waals surface area (Å²) in [7, 11) is 1.74. The fourth-order valence-corrected chi connectivity index (χ4v) is 5.01. The lowest BCUT2D eigenvalue weighted by molar-refractivity contribution is 0.227. The predicted molar refractivity (Wildman–Crippen MR) is 59.2 cm³/mol. The van der Waals surface area contributed by atoms with Crippen molar-refractivity contribution in [1.29, 1.82) is 0 Å². The molecule has 0 aromatic heterocycles. The quantitative estimate of drug-likeness (QED) is 0.592. The summed E-state index contributed by atoms with van der Waals surface area (Å²) in [4.78, 5) is 0. The largest absolute Gasteiger partial charge is 0.397 e. The Kier molecular flexibility index (Phi) is 6.64. The zero-order chi connectivity index (χ0) is 10.3. The molecule has 0 aliphatic rings. The van der Waals surface area contributed by atoms with Crippen LogP contribution >= 0.6 is 0 Å². The highest BCUT2D eigenvalue weighted by Gasteiger charge is 2.39. The number of hydrogen-bond donors (Lipinski definition) is 0. The zero-order valence-corrected chi connectivity index (χ0v) is 10.7. The van der Waals surface area contributed by atoms with Gasteiger partial charge in [0.2, 0.25) is 0 Å². The molecule has 0 saturated carbocycles. The van der Waals surface area contributed by atoms with Crippen molar-refractivity contribution in [2.45, 2.75) is 51.6 Å². The maximum absolute atomic E-state index is 5.66. The molecule has 0 bridgehead atoms. The second kappa shape index (κ2) is 6.57. The Balaban J connectivity index is 4.29. The topological polar surface area (TPSA) is 18.5 Å². The van der Waals surface area contributed by atoms with E-state index in [4.69, 9.17) is 8.85 Å². The van der Waals surface area contributed by atoms with E-state index in [9.17, 15) is 0 Å². The molecule has 0 amide bonds. The molecule has 0 heterocycles. The molecule has 13 heavy (non-hydrogen) atoms. The lowest BCUT2D eigenvalue weighted by Crippen LogP contribution is -2.43. The van der Waals surface area contributed by atoms with Gasteiger partial charge >= 0.3 is 8.56 Å². The van der Waals surface area contributed by atoms with Crippen LogP contribution in [0, 0.1) is 0 Å². The first-order valence-corrected chi connectivity index (χ1v) is 7.37. The van der Waals surface area contributed by atoms with Crippen molar-refractivity contribution in [3.05, 3.63) is 0 Å². The molecule has 0 N–H and O–H groups in total. The first-order chi connectivity index (χ1) is 6.16. The number of unbranched alkanes of at least 4 members (excludes halogenated alkanes) is 1. The molecule has 80 valence electrons. The molecule has 0 aromatic carbocycles. The van der Waals surface area contributed by atoms with E-state index in [0.29, 0.717) is 5.54 Å². The molecule has 3 heteroatoms. The Labute approximate surface area is 83.9 Å². The lowest BCUT2D eigenvalue weighted by atomic mass is 10.4. The van der Waals surface area contributed by atoms with Gasteiger partial charge in [-0.1, -0.05) is 40.0 Å². The lowest BCUT2D eigenvalue weighted by Gasteiger charge is -2.32. The van der Waals surface area contributed by atoms with Crippen LogP contribution in [0.1, 0.15) is 40.0 Å². The standard InChI is InChI=1S/C10H24O2Si/c1-6-8-9-13(11-4,12-5)10(3)7-2/h10H,6-9H2,1-5H3. The maximum atomic E-state index is 5.66. The van der Waals surface area contributed by atoms with Crippen LogP contribution in [0.15, 0.2) is 0 Å². The zero-order valence-electron chi connectivity index (χ0n) is 9.72. The Hall–Kier alpha value is 0.137. The van der Waals surface area contributed by atoms with E-state index in [0.717, 1.165) is 12.5 Å². The van der Waals surface area contributed by atoms with Gasteiger partial charge in [0, 0.05) is 14.2 Å². The van der Waals surface area contributed by atoms with Crippen LogP contribution in [0.4, 0.5) is 0 Å². The first kappa shape index (κ1) is 13.1. The number of rotatable bonds is 7. The van der Waals surface area contributed by atoms with E-state index in [1.54, 1.807) is 14.2 Å². The van der Waals surface area contributed by atoms with Crippen molar-refractivity contribution in [1.82, 2.24) is 0 Å². The summed E-state index contributed by atoms with van der Waals surface area (Å²) in [6.45, 7) is 6.66. The van der Waals surface area contributed by atoms with Crippen molar-refractivity contribution < 1.29 is 8.85 Å². The minimum Gasteiger partial charge on any atom is -0.397 e. The summed E-state index contributed by atoms with van der Waals surface area (Å²) in [5.41, 5.74) is 0.592. The van der Waals surface area contributed by atoms with Gasteiger partial charge in [0.25, 0.3) is 0 Å². The fourth-order valence-electron chi connectivity index (χ4n) is 1.67. The third-order valence-corrected chi connectivity index (χ3v) is 7.28. The van der Waals surface area contributed by atoms with E-state index < -0.39 is 8.56 Å². The summed E-state index contributed by atoms with van der Waals surface area (Å²) < 4.78 is 11.3. The van der Waals surface area contributed by atoms with Gasteiger partial charge in [0.05, 0.1) is 0 Å². The highest BCUT2D eigenvalue weighted by atomic mass is 28.4. The highest BCUT2D eigenvalue weighted by Crippen LogP contribution is 2.31. The molecule has 0 aliphatic carbocycles. The first-order valence-electron chi connectivity index (χ1n) is 5.27. The third-order valence-electron chi connectivity index (χ3n) is 2.93. The highest BCUT2D eigenvalue weighted by molar-refractivity contribution is 6.68. The molecule has 0 saturated heterocycles. The maximum Gasteiger partial charge on any atom is 0.340 e. The van der Waals surface area contributed by atoms with Gasteiger partial charge in [-0.05, 0) is 11.6 Å². The Morgan fingerprint density at radius 2 is 1.69 bits per heavy atom. The Morgan fingerprint density at radius 3 is 2.00 bits per heavy atom. The average Bonchev–Trinajstić information content (AvgIpc) is 2.19. The molecule has 1 atom stereocenters. The van der Waals surface area contributed by atoms with Crippen LogP contribution in [0.2, 0.25) is 11.6 Å². The third kappa shape index (κ3) is 3.41.